The smallest absolute Gasteiger partial charge is 0.251 e. The van der Waals surface area contributed by atoms with Gasteiger partial charge in [0.15, 0.2) is 11.6 Å². The fourth-order valence-corrected chi connectivity index (χ4v) is 1.79. The minimum Gasteiger partial charge on any atom is -0.494 e. The van der Waals surface area contributed by atoms with Gasteiger partial charge >= 0.3 is 0 Å². The molecule has 0 heterocycles. The molecule has 0 aliphatic carbocycles. The van der Waals surface area contributed by atoms with Crippen molar-refractivity contribution >= 4 is 5.91 Å². The molecule has 0 saturated carbocycles. The van der Waals surface area contributed by atoms with Crippen LogP contribution in [0.25, 0.3) is 0 Å². The van der Waals surface area contributed by atoms with Crippen LogP contribution in [0.5, 0.6) is 5.75 Å². The normalized spacial score (nSPS) is 9.76. The quantitative estimate of drug-likeness (QED) is 0.938. The zero-order chi connectivity index (χ0) is 15.2. The second kappa shape index (κ2) is 6.53. The van der Waals surface area contributed by atoms with Gasteiger partial charge in [0, 0.05) is 12.1 Å². The van der Waals surface area contributed by atoms with Gasteiger partial charge in [0.25, 0.3) is 5.91 Å². The van der Waals surface area contributed by atoms with Gasteiger partial charge in [0.1, 0.15) is 0 Å². The maximum Gasteiger partial charge on any atom is 0.251 e. The van der Waals surface area contributed by atoms with Gasteiger partial charge < -0.3 is 10.1 Å². The lowest BCUT2D eigenvalue weighted by molar-refractivity contribution is 0.0950. The van der Waals surface area contributed by atoms with E-state index in [9.17, 15) is 9.18 Å². The van der Waals surface area contributed by atoms with E-state index in [1.807, 2.05) is 6.07 Å². The molecule has 0 fully saturated rings. The number of halogens is 1. The molecule has 2 rings (SSSR count). The molecule has 0 saturated heterocycles. The molecule has 2 aromatic rings. The molecule has 0 aromatic heterocycles. The monoisotopic (exact) mass is 284 g/mol. The third-order valence-electron chi connectivity index (χ3n) is 2.95. The van der Waals surface area contributed by atoms with Gasteiger partial charge in [-0.15, -0.1) is 0 Å². The van der Waals surface area contributed by atoms with Gasteiger partial charge in [0.05, 0.1) is 18.7 Å². The number of carbonyl (C=O) groups is 1. The fourth-order valence-electron chi connectivity index (χ4n) is 1.79. The largest absolute Gasteiger partial charge is 0.494 e. The van der Waals surface area contributed by atoms with Crippen LogP contribution in [0, 0.1) is 17.1 Å². The van der Waals surface area contributed by atoms with Crippen LogP contribution in [0.2, 0.25) is 0 Å². The molecule has 0 aliphatic heterocycles. The van der Waals surface area contributed by atoms with Gasteiger partial charge in [-0.1, -0.05) is 12.1 Å². The maximum atomic E-state index is 13.5. The molecule has 106 valence electrons. The Bertz CT molecular complexity index is 690. The highest BCUT2D eigenvalue weighted by atomic mass is 19.1. The molecule has 0 spiro atoms. The second-order valence-electron chi connectivity index (χ2n) is 4.34. The SMILES string of the molecule is COc1ccc(C(=O)NCc2ccc(C#N)cc2)cc1F. The first kappa shape index (κ1) is 14.5. The molecule has 21 heavy (non-hydrogen) atoms. The predicted octanol–water partition coefficient (Wildman–Crippen LogP) is 2.64. The van der Waals surface area contributed by atoms with Crippen molar-refractivity contribution < 1.29 is 13.9 Å². The van der Waals surface area contributed by atoms with Crippen molar-refractivity contribution in [2.24, 2.45) is 0 Å². The minimum absolute atomic E-state index is 0.0960. The van der Waals surface area contributed by atoms with Gasteiger partial charge in [-0.25, -0.2) is 4.39 Å². The Morgan fingerprint density at radius 1 is 1.29 bits per heavy atom. The number of hydrogen-bond acceptors (Lipinski definition) is 3. The lowest BCUT2D eigenvalue weighted by Gasteiger charge is -2.07. The average molecular weight is 284 g/mol. The van der Waals surface area contributed by atoms with Crippen molar-refractivity contribution in [3.05, 3.63) is 65.0 Å². The molecule has 0 aliphatic rings. The van der Waals surface area contributed by atoms with Gasteiger partial charge in [0.2, 0.25) is 0 Å². The molecular weight excluding hydrogens is 271 g/mol. The summed E-state index contributed by atoms with van der Waals surface area (Å²) in [4.78, 5) is 11.9. The molecule has 5 heteroatoms. The van der Waals surface area contributed by atoms with Crippen LogP contribution < -0.4 is 10.1 Å². The Morgan fingerprint density at radius 3 is 2.57 bits per heavy atom. The first-order valence-corrected chi connectivity index (χ1v) is 6.25. The Hall–Kier alpha value is -2.87. The number of rotatable bonds is 4. The number of nitrogens with one attached hydrogen (secondary N) is 1. The van der Waals surface area contributed by atoms with Crippen LogP contribution in [0.4, 0.5) is 4.39 Å². The highest BCUT2D eigenvalue weighted by Gasteiger charge is 2.09. The van der Waals surface area contributed by atoms with E-state index in [1.54, 1.807) is 24.3 Å². The zero-order valence-electron chi connectivity index (χ0n) is 11.4. The van der Waals surface area contributed by atoms with Crippen molar-refractivity contribution in [3.8, 4) is 11.8 Å². The third-order valence-corrected chi connectivity index (χ3v) is 2.95. The number of nitrogens with zero attached hydrogens (tertiary/aromatic N) is 1. The summed E-state index contributed by atoms with van der Waals surface area (Å²) in [5.74, 6) is -0.858. The standard InChI is InChI=1S/C16H13FN2O2/c1-21-15-7-6-13(8-14(15)17)16(20)19-10-12-4-2-11(9-18)3-5-12/h2-8H,10H2,1H3,(H,19,20). The average Bonchev–Trinajstić information content (AvgIpc) is 2.53. The molecule has 4 nitrogen and oxygen atoms in total. The third kappa shape index (κ3) is 3.57. The number of amides is 1. The van der Waals surface area contributed by atoms with E-state index in [1.165, 1.54) is 19.2 Å². The fraction of sp³-hybridized carbons (Fsp3) is 0.125. The molecule has 0 atom stereocenters. The van der Waals surface area contributed by atoms with E-state index >= 15 is 0 Å². The number of nitriles is 1. The predicted molar refractivity (Wildman–Crippen MR) is 75.3 cm³/mol. The van der Waals surface area contributed by atoms with Crippen LogP contribution >= 0.6 is 0 Å². The van der Waals surface area contributed by atoms with Crippen molar-refractivity contribution in [2.45, 2.75) is 6.54 Å². The Morgan fingerprint density at radius 2 is 2.00 bits per heavy atom. The van der Waals surface area contributed by atoms with E-state index in [2.05, 4.69) is 5.32 Å². The van der Waals surface area contributed by atoms with Crippen molar-refractivity contribution in [3.63, 3.8) is 0 Å². The summed E-state index contributed by atoms with van der Waals surface area (Å²) in [6, 6.07) is 12.9. The maximum absolute atomic E-state index is 13.5. The number of hydrogen-bond donors (Lipinski definition) is 1. The van der Waals surface area contributed by atoms with Crippen LogP contribution in [-0.4, -0.2) is 13.0 Å². The van der Waals surface area contributed by atoms with Crippen LogP contribution in [-0.2, 0) is 6.54 Å². The van der Waals surface area contributed by atoms with E-state index < -0.39 is 5.82 Å². The highest BCUT2D eigenvalue weighted by molar-refractivity contribution is 5.94. The molecule has 0 radical (unpaired) electrons. The summed E-state index contributed by atoms with van der Waals surface area (Å²) >= 11 is 0. The lowest BCUT2D eigenvalue weighted by Crippen LogP contribution is -2.22. The molecule has 1 amide bonds. The van der Waals surface area contributed by atoms with Crippen LogP contribution in [0.15, 0.2) is 42.5 Å². The van der Waals surface area contributed by atoms with Crippen LogP contribution in [0.3, 0.4) is 0 Å². The summed E-state index contributed by atoms with van der Waals surface area (Å²) in [6.45, 7) is 0.304. The number of methoxy groups -OCH3 is 1. The first-order valence-electron chi connectivity index (χ1n) is 6.25. The second-order valence-corrected chi connectivity index (χ2v) is 4.34. The van der Waals surface area contributed by atoms with Gasteiger partial charge in [-0.05, 0) is 35.9 Å². The molecule has 1 N–H and O–H groups in total. The van der Waals surface area contributed by atoms with E-state index in [0.29, 0.717) is 12.1 Å². The Balaban J connectivity index is 2.01. The minimum atomic E-state index is -0.580. The Labute approximate surface area is 121 Å². The van der Waals surface area contributed by atoms with E-state index in [0.717, 1.165) is 11.6 Å². The van der Waals surface area contributed by atoms with Gasteiger partial charge in [-0.3, -0.25) is 4.79 Å². The van der Waals surface area contributed by atoms with Crippen molar-refractivity contribution in [1.82, 2.24) is 5.32 Å². The molecule has 0 unspecified atom stereocenters. The molecule has 2 aromatic carbocycles. The zero-order valence-corrected chi connectivity index (χ0v) is 11.4. The summed E-state index contributed by atoms with van der Waals surface area (Å²) < 4.78 is 18.3. The molecular formula is C16H13FN2O2. The first-order chi connectivity index (χ1) is 10.1. The lowest BCUT2D eigenvalue weighted by atomic mass is 10.1. The van der Waals surface area contributed by atoms with Gasteiger partial charge in [-0.2, -0.15) is 5.26 Å². The summed E-state index contributed by atoms with van der Waals surface area (Å²) in [7, 11) is 1.36. The summed E-state index contributed by atoms with van der Waals surface area (Å²) in [5.41, 5.74) is 1.64. The molecule has 0 bridgehead atoms. The van der Waals surface area contributed by atoms with Crippen molar-refractivity contribution in [1.29, 1.82) is 5.26 Å². The summed E-state index contributed by atoms with van der Waals surface area (Å²) in [5, 5.41) is 11.4. The topological polar surface area (TPSA) is 62.1 Å². The number of ether oxygens (including phenoxy) is 1. The highest BCUT2D eigenvalue weighted by Crippen LogP contribution is 2.17. The number of benzene rings is 2. The van der Waals surface area contributed by atoms with Crippen LogP contribution in [0.1, 0.15) is 21.5 Å². The summed E-state index contributed by atoms with van der Waals surface area (Å²) in [6.07, 6.45) is 0. The number of carbonyl (C=O) groups excluding carboxylic acids is 1. The van der Waals surface area contributed by atoms with E-state index in [-0.39, 0.29) is 17.2 Å². The Kier molecular flexibility index (Phi) is 4.52. The van der Waals surface area contributed by atoms with E-state index in [4.69, 9.17) is 10.00 Å². The van der Waals surface area contributed by atoms with Crippen molar-refractivity contribution in [2.75, 3.05) is 7.11 Å².